The molecular weight excluding hydrogens is 214 g/mol. The van der Waals surface area contributed by atoms with E-state index in [2.05, 4.69) is 23.8 Å². The van der Waals surface area contributed by atoms with Crippen LogP contribution in [0.4, 0.5) is 5.82 Å². The van der Waals surface area contributed by atoms with Gasteiger partial charge in [-0.25, -0.2) is 9.97 Å². The Morgan fingerprint density at radius 2 is 2.06 bits per heavy atom. The molecule has 2 heterocycles. The number of imidazole rings is 2. The fraction of sp³-hybridized carbons (Fsp3) is 0.500. The second-order valence-corrected chi connectivity index (χ2v) is 4.09. The second kappa shape index (κ2) is 5.03. The van der Waals surface area contributed by atoms with E-state index in [1.807, 2.05) is 21.7 Å². The third kappa shape index (κ3) is 2.18. The van der Waals surface area contributed by atoms with Gasteiger partial charge in [0.1, 0.15) is 11.5 Å². The van der Waals surface area contributed by atoms with Crippen LogP contribution in [0, 0.1) is 0 Å². The second-order valence-electron chi connectivity index (χ2n) is 4.09. The number of unbranched alkanes of at least 4 members (excludes halogenated alkanes) is 1. The lowest BCUT2D eigenvalue weighted by molar-refractivity contribution is 0.637. The highest BCUT2D eigenvalue weighted by Gasteiger charge is 2.13. The van der Waals surface area contributed by atoms with E-state index < -0.39 is 0 Å². The van der Waals surface area contributed by atoms with Crippen LogP contribution < -0.4 is 5.73 Å². The maximum atomic E-state index is 6.12. The minimum Gasteiger partial charge on any atom is -0.383 e. The molecule has 2 N–H and O–H groups in total. The van der Waals surface area contributed by atoms with E-state index in [4.69, 9.17) is 5.73 Å². The van der Waals surface area contributed by atoms with E-state index in [0.717, 1.165) is 43.1 Å². The van der Waals surface area contributed by atoms with E-state index in [9.17, 15) is 0 Å². The van der Waals surface area contributed by atoms with E-state index in [1.54, 1.807) is 6.33 Å². The summed E-state index contributed by atoms with van der Waals surface area (Å²) < 4.78 is 4.05. The Hall–Kier alpha value is -1.78. The Bertz CT molecular complexity index is 483. The summed E-state index contributed by atoms with van der Waals surface area (Å²) >= 11 is 0. The molecule has 0 unspecified atom stereocenters. The summed E-state index contributed by atoms with van der Waals surface area (Å²) in [5, 5.41) is 0. The van der Waals surface area contributed by atoms with Crippen LogP contribution in [-0.2, 0) is 13.1 Å². The van der Waals surface area contributed by atoms with Gasteiger partial charge in [0.05, 0.1) is 24.5 Å². The first-order valence-electron chi connectivity index (χ1n) is 6.09. The topological polar surface area (TPSA) is 61.7 Å². The van der Waals surface area contributed by atoms with Crippen LogP contribution in [0.15, 0.2) is 18.9 Å². The summed E-state index contributed by atoms with van der Waals surface area (Å²) in [6, 6.07) is 0. The fourth-order valence-electron chi connectivity index (χ4n) is 1.87. The van der Waals surface area contributed by atoms with Crippen molar-refractivity contribution in [3.05, 3.63) is 18.9 Å². The Balaban J connectivity index is 2.30. The number of rotatable bonds is 5. The lowest BCUT2D eigenvalue weighted by Gasteiger charge is -2.06. The van der Waals surface area contributed by atoms with Gasteiger partial charge in [0.2, 0.25) is 0 Å². The lowest BCUT2D eigenvalue weighted by Crippen LogP contribution is -2.03. The smallest absolute Gasteiger partial charge is 0.133 e. The molecular formula is C12H19N5. The summed E-state index contributed by atoms with van der Waals surface area (Å²) in [6.07, 6.45) is 7.70. The maximum Gasteiger partial charge on any atom is 0.133 e. The standard InChI is InChI=1S/C12H19N5/c1-3-5-6-17-9-15-11(12(17)13)10-7-14-8-16(10)4-2/h7-9H,3-6,13H2,1-2H3. The summed E-state index contributed by atoms with van der Waals surface area (Å²) in [7, 11) is 0. The number of hydrogen-bond donors (Lipinski definition) is 1. The largest absolute Gasteiger partial charge is 0.383 e. The molecule has 0 saturated heterocycles. The summed E-state index contributed by atoms with van der Waals surface area (Å²) in [5.41, 5.74) is 7.94. The first-order chi connectivity index (χ1) is 8.27. The zero-order chi connectivity index (χ0) is 12.3. The molecule has 0 aliphatic rings. The van der Waals surface area contributed by atoms with Crippen molar-refractivity contribution in [1.29, 1.82) is 0 Å². The van der Waals surface area contributed by atoms with Crippen molar-refractivity contribution in [3.8, 4) is 11.4 Å². The molecule has 2 aromatic heterocycles. The molecule has 17 heavy (non-hydrogen) atoms. The molecule has 0 aliphatic carbocycles. The first-order valence-corrected chi connectivity index (χ1v) is 6.09. The number of hydrogen-bond acceptors (Lipinski definition) is 3. The number of aromatic nitrogens is 4. The SMILES string of the molecule is CCCCn1cnc(-c2cncn2CC)c1N. The Labute approximate surface area is 101 Å². The molecule has 5 nitrogen and oxygen atoms in total. The van der Waals surface area contributed by atoms with Crippen LogP contribution in [-0.4, -0.2) is 19.1 Å². The van der Waals surface area contributed by atoms with Crippen molar-refractivity contribution in [2.75, 3.05) is 5.73 Å². The molecule has 0 aliphatic heterocycles. The van der Waals surface area contributed by atoms with Gasteiger partial charge in [-0.1, -0.05) is 13.3 Å². The van der Waals surface area contributed by atoms with Crippen molar-refractivity contribution >= 4 is 5.82 Å². The molecule has 92 valence electrons. The van der Waals surface area contributed by atoms with Gasteiger partial charge in [-0.2, -0.15) is 0 Å². The number of aryl methyl sites for hydroxylation is 2. The van der Waals surface area contributed by atoms with Gasteiger partial charge in [0.15, 0.2) is 0 Å². The molecule has 0 bridgehead atoms. The monoisotopic (exact) mass is 233 g/mol. The van der Waals surface area contributed by atoms with Crippen LogP contribution in [0.25, 0.3) is 11.4 Å². The highest BCUT2D eigenvalue weighted by Crippen LogP contribution is 2.24. The van der Waals surface area contributed by atoms with Gasteiger partial charge in [0.25, 0.3) is 0 Å². The van der Waals surface area contributed by atoms with Crippen LogP contribution in [0.1, 0.15) is 26.7 Å². The average molecular weight is 233 g/mol. The van der Waals surface area contributed by atoms with Crippen LogP contribution in [0.3, 0.4) is 0 Å². The number of nitrogens with two attached hydrogens (primary N) is 1. The van der Waals surface area contributed by atoms with E-state index >= 15 is 0 Å². The van der Waals surface area contributed by atoms with Crippen LogP contribution >= 0.6 is 0 Å². The Morgan fingerprint density at radius 1 is 1.24 bits per heavy atom. The molecule has 0 radical (unpaired) electrons. The highest BCUT2D eigenvalue weighted by molar-refractivity contribution is 5.67. The van der Waals surface area contributed by atoms with Crippen LogP contribution in [0.2, 0.25) is 0 Å². The van der Waals surface area contributed by atoms with Gasteiger partial charge in [-0.15, -0.1) is 0 Å². The number of anilines is 1. The molecule has 0 atom stereocenters. The predicted molar refractivity (Wildman–Crippen MR) is 68.4 cm³/mol. The minimum absolute atomic E-state index is 0.730. The van der Waals surface area contributed by atoms with Crippen molar-refractivity contribution < 1.29 is 0 Å². The minimum atomic E-state index is 0.730. The molecule has 0 saturated carbocycles. The predicted octanol–water partition coefficient (Wildman–Crippen LogP) is 2.15. The van der Waals surface area contributed by atoms with Gasteiger partial charge in [-0.05, 0) is 13.3 Å². The van der Waals surface area contributed by atoms with Crippen molar-refractivity contribution in [1.82, 2.24) is 19.1 Å². The molecule has 0 fully saturated rings. The molecule has 0 aromatic carbocycles. The quantitative estimate of drug-likeness (QED) is 0.860. The third-order valence-electron chi connectivity index (χ3n) is 2.93. The fourth-order valence-corrected chi connectivity index (χ4v) is 1.87. The average Bonchev–Trinajstić information content (AvgIpc) is 2.93. The van der Waals surface area contributed by atoms with Crippen LogP contribution in [0.5, 0.6) is 0 Å². The first kappa shape index (κ1) is 11.7. The van der Waals surface area contributed by atoms with E-state index in [0.29, 0.717) is 0 Å². The Kier molecular flexibility index (Phi) is 3.46. The van der Waals surface area contributed by atoms with Crippen molar-refractivity contribution in [2.45, 2.75) is 39.8 Å². The van der Waals surface area contributed by atoms with Gasteiger partial charge in [-0.3, -0.25) is 0 Å². The normalized spacial score (nSPS) is 10.9. The zero-order valence-electron chi connectivity index (χ0n) is 10.4. The lowest BCUT2D eigenvalue weighted by atomic mass is 10.3. The van der Waals surface area contributed by atoms with Crippen molar-refractivity contribution in [2.24, 2.45) is 0 Å². The van der Waals surface area contributed by atoms with Gasteiger partial charge < -0.3 is 14.9 Å². The number of nitrogen functional groups attached to an aromatic ring is 1. The van der Waals surface area contributed by atoms with Gasteiger partial charge >= 0.3 is 0 Å². The third-order valence-corrected chi connectivity index (χ3v) is 2.93. The number of nitrogens with zero attached hydrogens (tertiary/aromatic N) is 4. The molecule has 0 spiro atoms. The van der Waals surface area contributed by atoms with Crippen molar-refractivity contribution in [3.63, 3.8) is 0 Å². The summed E-state index contributed by atoms with van der Waals surface area (Å²) in [5.74, 6) is 0.730. The highest BCUT2D eigenvalue weighted by atomic mass is 15.1. The van der Waals surface area contributed by atoms with Gasteiger partial charge in [0, 0.05) is 13.1 Å². The molecule has 2 rings (SSSR count). The van der Waals surface area contributed by atoms with E-state index in [-0.39, 0.29) is 0 Å². The summed E-state index contributed by atoms with van der Waals surface area (Å²) in [6.45, 7) is 6.04. The summed E-state index contributed by atoms with van der Waals surface area (Å²) in [4.78, 5) is 8.54. The molecule has 2 aromatic rings. The molecule has 0 amide bonds. The maximum absolute atomic E-state index is 6.12. The Morgan fingerprint density at radius 3 is 2.76 bits per heavy atom. The zero-order valence-corrected chi connectivity index (χ0v) is 10.4. The molecule has 5 heteroatoms. The van der Waals surface area contributed by atoms with E-state index in [1.165, 1.54) is 0 Å².